The van der Waals surface area contributed by atoms with Crippen molar-refractivity contribution in [1.29, 1.82) is 0 Å². The van der Waals surface area contributed by atoms with Gasteiger partial charge in [0.1, 0.15) is 5.75 Å². The average molecular weight is 295 g/mol. The van der Waals surface area contributed by atoms with E-state index in [0.717, 1.165) is 37.3 Å². The van der Waals surface area contributed by atoms with Crippen LogP contribution in [0.25, 0.3) is 0 Å². The first kappa shape index (κ1) is 15.5. The number of ether oxygens (including phenoxy) is 1. The fraction of sp³-hybridized carbons (Fsp3) is 0.625. The van der Waals surface area contributed by atoms with E-state index in [0.29, 0.717) is 0 Å². The number of fused-ring (bicyclic) bond motifs is 1. The highest BCUT2D eigenvalue weighted by Crippen LogP contribution is 2.35. The van der Waals surface area contributed by atoms with E-state index >= 15 is 0 Å². The molecule has 1 aliphatic carbocycles. The highest BCUT2D eigenvalue weighted by molar-refractivity contribution is 7.85. The van der Waals surface area contributed by atoms with Crippen LogP contribution in [0.4, 0.5) is 0 Å². The summed E-state index contributed by atoms with van der Waals surface area (Å²) in [4.78, 5) is 0. The Morgan fingerprint density at radius 2 is 2.20 bits per heavy atom. The Morgan fingerprint density at radius 3 is 2.85 bits per heavy atom. The summed E-state index contributed by atoms with van der Waals surface area (Å²) in [6, 6.07) is 6.48. The SMILES string of the molecule is CCCNC1c2cc(OC)ccc2CCC1S(=O)CC. The molecule has 0 aromatic heterocycles. The van der Waals surface area contributed by atoms with E-state index in [1.54, 1.807) is 7.11 Å². The maximum absolute atomic E-state index is 12.3. The van der Waals surface area contributed by atoms with Crippen LogP contribution >= 0.6 is 0 Å². The molecular weight excluding hydrogens is 270 g/mol. The Labute approximate surface area is 124 Å². The zero-order valence-electron chi connectivity index (χ0n) is 12.6. The first-order valence-corrected chi connectivity index (χ1v) is 8.86. The summed E-state index contributed by atoms with van der Waals surface area (Å²) in [6.45, 7) is 5.13. The predicted molar refractivity (Wildman–Crippen MR) is 84.8 cm³/mol. The van der Waals surface area contributed by atoms with Crippen LogP contribution in [0.15, 0.2) is 18.2 Å². The number of nitrogens with one attached hydrogen (secondary N) is 1. The van der Waals surface area contributed by atoms with Gasteiger partial charge in [-0.3, -0.25) is 4.21 Å². The molecule has 1 aliphatic rings. The topological polar surface area (TPSA) is 38.3 Å². The summed E-state index contributed by atoms with van der Waals surface area (Å²) in [7, 11) is 0.929. The van der Waals surface area contributed by atoms with Crippen LogP contribution in [0.1, 0.15) is 43.9 Å². The zero-order valence-corrected chi connectivity index (χ0v) is 13.5. The summed E-state index contributed by atoms with van der Waals surface area (Å²) in [5, 5.41) is 3.81. The third-order valence-electron chi connectivity index (χ3n) is 3.99. The monoisotopic (exact) mass is 295 g/mol. The first-order chi connectivity index (χ1) is 9.71. The molecule has 3 atom stereocenters. The molecule has 4 heteroatoms. The van der Waals surface area contributed by atoms with Gasteiger partial charge in [0.25, 0.3) is 0 Å². The molecule has 0 fully saturated rings. The molecule has 0 amide bonds. The number of rotatable bonds is 6. The van der Waals surface area contributed by atoms with Crippen LogP contribution < -0.4 is 10.1 Å². The van der Waals surface area contributed by atoms with Gasteiger partial charge in [-0.05, 0) is 49.1 Å². The van der Waals surface area contributed by atoms with Crippen molar-refractivity contribution >= 4 is 10.8 Å². The number of methoxy groups -OCH3 is 1. The molecule has 1 aromatic carbocycles. The second-order valence-corrected chi connectivity index (χ2v) is 7.19. The van der Waals surface area contributed by atoms with E-state index < -0.39 is 10.8 Å². The Morgan fingerprint density at radius 1 is 1.40 bits per heavy atom. The van der Waals surface area contributed by atoms with E-state index in [4.69, 9.17) is 4.74 Å². The van der Waals surface area contributed by atoms with Gasteiger partial charge >= 0.3 is 0 Å². The van der Waals surface area contributed by atoms with Gasteiger partial charge in [-0.15, -0.1) is 0 Å². The third kappa shape index (κ3) is 3.23. The third-order valence-corrected chi connectivity index (χ3v) is 5.75. The molecule has 0 saturated heterocycles. The minimum absolute atomic E-state index is 0.189. The minimum Gasteiger partial charge on any atom is -0.497 e. The molecule has 2 rings (SSSR count). The first-order valence-electron chi connectivity index (χ1n) is 7.48. The van der Waals surface area contributed by atoms with Crippen LogP contribution in [0, 0.1) is 0 Å². The van der Waals surface area contributed by atoms with Gasteiger partial charge in [-0.2, -0.15) is 0 Å². The smallest absolute Gasteiger partial charge is 0.119 e. The minimum atomic E-state index is -0.766. The fourth-order valence-electron chi connectivity index (χ4n) is 2.92. The molecular formula is C16H25NO2S. The predicted octanol–water partition coefficient (Wildman–Crippen LogP) is 2.82. The average Bonchev–Trinajstić information content (AvgIpc) is 2.51. The maximum atomic E-state index is 12.3. The Hall–Kier alpha value is -0.870. The van der Waals surface area contributed by atoms with Crippen molar-refractivity contribution in [2.24, 2.45) is 0 Å². The number of benzene rings is 1. The number of aryl methyl sites for hydroxylation is 1. The Balaban J connectivity index is 2.34. The van der Waals surface area contributed by atoms with Gasteiger partial charge in [0.05, 0.1) is 12.4 Å². The lowest BCUT2D eigenvalue weighted by atomic mass is 9.87. The lowest BCUT2D eigenvalue weighted by molar-refractivity contribution is 0.409. The molecule has 0 radical (unpaired) electrons. The molecule has 0 spiro atoms. The van der Waals surface area contributed by atoms with Crippen molar-refractivity contribution < 1.29 is 8.95 Å². The summed E-state index contributed by atoms with van der Waals surface area (Å²) in [5.41, 5.74) is 2.64. The van der Waals surface area contributed by atoms with Gasteiger partial charge in [0.15, 0.2) is 0 Å². The molecule has 112 valence electrons. The number of hydrogen-bond donors (Lipinski definition) is 1. The van der Waals surface area contributed by atoms with Gasteiger partial charge in [0.2, 0.25) is 0 Å². The molecule has 1 N–H and O–H groups in total. The van der Waals surface area contributed by atoms with Gasteiger partial charge in [-0.25, -0.2) is 0 Å². The van der Waals surface area contributed by atoms with Gasteiger partial charge in [-0.1, -0.05) is 19.9 Å². The van der Waals surface area contributed by atoms with Crippen molar-refractivity contribution in [3.8, 4) is 5.75 Å². The number of hydrogen-bond acceptors (Lipinski definition) is 3. The molecule has 0 bridgehead atoms. The van der Waals surface area contributed by atoms with E-state index in [1.165, 1.54) is 11.1 Å². The van der Waals surface area contributed by atoms with Gasteiger partial charge < -0.3 is 10.1 Å². The molecule has 20 heavy (non-hydrogen) atoms. The van der Waals surface area contributed by atoms with Crippen molar-refractivity contribution in [2.75, 3.05) is 19.4 Å². The molecule has 0 heterocycles. The highest BCUT2D eigenvalue weighted by Gasteiger charge is 2.32. The zero-order chi connectivity index (χ0) is 14.5. The van der Waals surface area contributed by atoms with Gasteiger partial charge in [0, 0.05) is 22.6 Å². The van der Waals surface area contributed by atoms with Crippen LogP contribution in [0.5, 0.6) is 5.75 Å². The van der Waals surface area contributed by atoms with Crippen LogP contribution in [0.2, 0.25) is 0 Å². The fourth-order valence-corrected chi connectivity index (χ4v) is 4.28. The summed E-state index contributed by atoms with van der Waals surface area (Å²) in [6.07, 6.45) is 3.10. The molecule has 1 aromatic rings. The van der Waals surface area contributed by atoms with Crippen LogP contribution in [-0.4, -0.2) is 28.9 Å². The van der Waals surface area contributed by atoms with Crippen LogP contribution in [0.3, 0.4) is 0 Å². The Kier molecular flexibility index (Phi) is 5.61. The van der Waals surface area contributed by atoms with E-state index in [9.17, 15) is 4.21 Å². The van der Waals surface area contributed by atoms with Crippen molar-refractivity contribution in [3.05, 3.63) is 29.3 Å². The summed E-state index contributed by atoms with van der Waals surface area (Å²) in [5.74, 6) is 1.61. The largest absolute Gasteiger partial charge is 0.497 e. The molecule has 3 unspecified atom stereocenters. The quantitative estimate of drug-likeness (QED) is 0.877. The normalized spacial score (nSPS) is 23.1. The van der Waals surface area contributed by atoms with Crippen molar-refractivity contribution in [2.45, 2.75) is 44.4 Å². The second kappa shape index (κ2) is 7.23. The maximum Gasteiger partial charge on any atom is 0.119 e. The Bertz CT molecular complexity index is 476. The van der Waals surface area contributed by atoms with E-state index in [2.05, 4.69) is 24.4 Å². The summed E-state index contributed by atoms with van der Waals surface area (Å²) < 4.78 is 17.7. The molecule has 3 nitrogen and oxygen atoms in total. The molecule has 0 saturated carbocycles. The van der Waals surface area contributed by atoms with Crippen LogP contribution in [-0.2, 0) is 17.2 Å². The highest BCUT2D eigenvalue weighted by atomic mass is 32.2. The van der Waals surface area contributed by atoms with E-state index in [1.807, 2.05) is 13.0 Å². The van der Waals surface area contributed by atoms with Crippen molar-refractivity contribution in [1.82, 2.24) is 5.32 Å². The van der Waals surface area contributed by atoms with Crippen molar-refractivity contribution in [3.63, 3.8) is 0 Å². The van der Waals surface area contributed by atoms with E-state index in [-0.39, 0.29) is 11.3 Å². The standard InChI is InChI=1S/C16H25NO2S/c1-4-10-17-16-14-11-13(19-3)8-6-12(14)7-9-15(16)20(18)5-2/h6,8,11,15-17H,4-5,7,9-10H2,1-3H3. The second-order valence-electron chi connectivity index (χ2n) is 5.24. The summed E-state index contributed by atoms with van der Waals surface area (Å²) >= 11 is 0. The lowest BCUT2D eigenvalue weighted by Crippen LogP contribution is -2.39. The molecule has 0 aliphatic heterocycles. The lowest BCUT2D eigenvalue weighted by Gasteiger charge is -2.34.